The van der Waals surface area contributed by atoms with E-state index in [2.05, 4.69) is 5.43 Å². The summed E-state index contributed by atoms with van der Waals surface area (Å²) in [6.45, 7) is 1.85. The van der Waals surface area contributed by atoms with Gasteiger partial charge in [0, 0.05) is 13.6 Å². The maximum absolute atomic E-state index is 12.2. The highest BCUT2D eigenvalue weighted by atomic mass is 16.6. The molecule has 0 aliphatic carbocycles. The Hall–Kier alpha value is -2.66. The third kappa shape index (κ3) is 3.21. The van der Waals surface area contributed by atoms with Gasteiger partial charge in [-0.05, 0) is 19.1 Å². The van der Waals surface area contributed by atoms with E-state index in [1.54, 1.807) is 6.92 Å². The second kappa shape index (κ2) is 6.49. The molecule has 106 valence electrons. The summed E-state index contributed by atoms with van der Waals surface area (Å²) in [5.41, 5.74) is 1.81. The maximum Gasteiger partial charge on any atom is 0.306 e. The van der Waals surface area contributed by atoms with Crippen LogP contribution >= 0.6 is 0 Å². The molecule has 3 N–H and O–H groups in total. The molecule has 0 spiro atoms. The first-order valence-electron chi connectivity index (χ1n) is 5.81. The number of para-hydroxylation sites is 1. The topological polar surface area (TPSA) is 125 Å². The fraction of sp³-hybridized carbons (Fsp3) is 0.333. The summed E-state index contributed by atoms with van der Waals surface area (Å²) >= 11 is 0. The van der Waals surface area contributed by atoms with E-state index in [1.807, 2.05) is 6.07 Å². The molecule has 1 atom stereocenters. The number of anilines is 1. The first-order valence-corrected chi connectivity index (χ1v) is 5.81. The molecule has 1 amide bonds. The van der Waals surface area contributed by atoms with Crippen molar-refractivity contribution < 1.29 is 9.72 Å². The van der Waals surface area contributed by atoms with Crippen LogP contribution in [-0.4, -0.2) is 29.3 Å². The van der Waals surface area contributed by atoms with Crippen molar-refractivity contribution in [3.05, 3.63) is 33.9 Å². The Morgan fingerprint density at radius 1 is 1.65 bits per heavy atom. The number of amides is 1. The normalized spacial score (nSPS) is 11.3. The quantitative estimate of drug-likeness (QED) is 0.471. The third-order valence-electron chi connectivity index (χ3n) is 2.72. The molecule has 1 unspecified atom stereocenters. The van der Waals surface area contributed by atoms with Gasteiger partial charge in [-0.15, -0.1) is 0 Å². The fourth-order valence-corrected chi connectivity index (χ4v) is 1.77. The van der Waals surface area contributed by atoms with E-state index in [0.29, 0.717) is 0 Å². The van der Waals surface area contributed by atoms with Gasteiger partial charge in [0.1, 0.15) is 11.3 Å². The Bertz CT molecular complexity index is 567. The van der Waals surface area contributed by atoms with Crippen LogP contribution in [-0.2, 0) is 0 Å². The summed E-state index contributed by atoms with van der Waals surface area (Å²) in [4.78, 5) is 23.9. The van der Waals surface area contributed by atoms with Gasteiger partial charge in [0.2, 0.25) is 0 Å². The molecule has 0 saturated heterocycles. The Kier molecular flexibility index (Phi) is 5.00. The van der Waals surface area contributed by atoms with E-state index in [1.165, 1.54) is 30.1 Å². The van der Waals surface area contributed by atoms with Crippen molar-refractivity contribution in [3.8, 4) is 6.07 Å². The number of rotatable bonds is 5. The van der Waals surface area contributed by atoms with Crippen molar-refractivity contribution >= 4 is 17.3 Å². The number of carbonyl (C=O) groups is 1. The summed E-state index contributed by atoms with van der Waals surface area (Å²) in [5.74, 6) is 4.32. The van der Waals surface area contributed by atoms with Crippen molar-refractivity contribution in [1.82, 2.24) is 4.90 Å². The number of nitrogens with one attached hydrogen (secondary N) is 1. The minimum Gasteiger partial charge on any atom is -0.340 e. The number of carbonyl (C=O) groups excluding carboxylic acids is 1. The van der Waals surface area contributed by atoms with E-state index < -0.39 is 10.8 Å². The lowest BCUT2D eigenvalue weighted by Crippen LogP contribution is -2.31. The number of nitro benzene ring substituents is 1. The van der Waals surface area contributed by atoms with Crippen LogP contribution in [0.2, 0.25) is 0 Å². The van der Waals surface area contributed by atoms with Gasteiger partial charge in [0.25, 0.3) is 5.91 Å². The average molecular weight is 277 g/mol. The van der Waals surface area contributed by atoms with Crippen molar-refractivity contribution in [2.45, 2.75) is 6.92 Å². The van der Waals surface area contributed by atoms with Crippen LogP contribution < -0.4 is 11.3 Å². The molecule has 0 aliphatic rings. The maximum atomic E-state index is 12.2. The first-order chi connectivity index (χ1) is 9.42. The molecule has 8 heteroatoms. The molecule has 1 rings (SSSR count). The molecule has 1 aromatic rings. The molecule has 0 radical (unpaired) electrons. The van der Waals surface area contributed by atoms with Gasteiger partial charge in [-0.25, -0.2) is 0 Å². The molecule has 0 aliphatic heterocycles. The van der Waals surface area contributed by atoms with Crippen LogP contribution in [0.15, 0.2) is 18.2 Å². The zero-order chi connectivity index (χ0) is 15.3. The molecule has 20 heavy (non-hydrogen) atoms. The molecule has 0 aromatic heterocycles. The SMILES string of the molecule is CC(C#N)CN(C)C(=O)c1cccc(NN)c1[N+](=O)[O-]. The highest BCUT2D eigenvalue weighted by Gasteiger charge is 2.26. The Labute approximate surface area is 115 Å². The minimum absolute atomic E-state index is 0.0579. The van der Waals surface area contributed by atoms with E-state index in [-0.39, 0.29) is 29.4 Å². The molecular formula is C12H15N5O3. The predicted molar refractivity (Wildman–Crippen MR) is 72.6 cm³/mol. The van der Waals surface area contributed by atoms with Gasteiger partial charge in [-0.3, -0.25) is 20.8 Å². The molecule has 0 saturated carbocycles. The fourth-order valence-electron chi connectivity index (χ4n) is 1.77. The van der Waals surface area contributed by atoms with Crippen molar-refractivity contribution in [2.24, 2.45) is 11.8 Å². The summed E-state index contributed by atoms with van der Waals surface area (Å²) in [5, 5.41) is 19.8. The predicted octanol–water partition coefficient (Wildman–Crippen LogP) is 1.11. The number of nitrogens with zero attached hydrogens (tertiary/aromatic N) is 3. The minimum atomic E-state index is -0.663. The van der Waals surface area contributed by atoms with Crippen molar-refractivity contribution in [2.75, 3.05) is 19.0 Å². The standard InChI is InChI=1S/C12H15N5O3/c1-8(6-13)7-16(2)12(18)9-4-3-5-10(15-14)11(9)17(19)20/h3-5,8,15H,7,14H2,1-2H3. The Balaban J connectivity index is 3.16. The number of nitrogens with two attached hydrogens (primary N) is 1. The number of nitriles is 1. The number of nitro groups is 1. The first kappa shape index (κ1) is 15.4. The van der Waals surface area contributed by atoms with Gasteiger partial charge in [-0.1, -0.05) is 6.07 Å². The second-order valence-electron chi connectivity index (χ2n) is 4.32. The van der Waals surface area contributed by atoms with Gasteiger partial charge in [0.05, 0.1) is 16.9 Å². The summed E-state index contributed by atoms with van der Waals surface area (Å²) in [6.07, 6.45) is 0. The monoisotopic (exact) mass is 277 g/mol. The number of hydrogen-bond acceptors (Lipinski definition) is 6. The molecular weight excluding hydrogens is 262 g/mol. The van der Waals surface area contributed by atoms with Crippen LogP contribution in [0.4, 0.5) is 11.4 Å². The Morgan fingerprint density at radius 2 is 2.30 bits per heavy atom. The third-order valence-corrected chi connectivity index (χ3v) is 2.72. The van der Waals surface area contributed by atoms with E-state index in [0.717, 1.165) is 0 Å². The van der Waals surface area contributed by atoms with E-state index in [4.69, 9.17) is 11.1 Å². The zero-order valence-electron chi connectivity index (χ0n) is 11.2. The van der Waals surface area contributed by atoms with Crippen LogP contribution in [0.5, 0.6) is 0 Å². The Morgan fingerprint density at radius 3 is 2.80 bits per heavy atom. The van der Waals surface area contributed by atoms with Crippen molar-refractivity contribution in [1.29, 1.82) is 5.26 Å². The lowest BCUT2D eigenvalue weighted by Gasteiger charge is -2.18. The van der Waals surface area contributed by atoms with Crippen LogP contribution in [0.1, 0.15) is 17.3 Å². The van der Waals surface area contributed by atoms with E-state index >= 15 is 0 Å². The highest BCUT2D eigenvalue weighted by molar-refractivity contribution is 6.00. The van der Waals surface area contributed by atoms with Crippen LogP contribution in [0.3, 0.4) is 0 Å². The van der Waals surface area contributed by atoms with E-state index in [9.17, 15) is 14.9 Å². The lowest BCUT2D eigenvalue weighted by molar-refractivity contribution is -0.384. The second-order valence-corrected chi connectivity index (χ2v) is 4.32. The summed E-state index contributed by atoms with van der Waals surface area (Å²) < 4.78 is 0. The number of hydrazine groups is 1. The number of hydrogen-bond donors (Lipinski definition) is 2. The molecule has 0 fully saturated rings. The molecule has 8 nitrogen and oxygen atoms in total. The summed E-state index contributed by atoms with van der Waals surface area (Å²) in [6, 6.07) is 6.26. The van der Waals surface area contributed by atoms with Gasteiger partial charge in [-0.2, -0.15) is 5.26 Å². The van der Waals surface area contributed by atoms with Gasteiger partial charge >= 0.3 is 5.69 Å². The zero-order valence-corrected chi connectivity index (χ0v) is 11.2. The van der Waals surface area contributed by atoms with Gasteiger partial charge in [0.15, 0.2) is 0 Å². The largest absolute Gasteiger partial charge is 0.340 e. The number of nitrogen functional groups attached to an aromatic ring is 1. The smallest absolute Gasteiger partial charge is 0.306 e. The van der Waals surface area contributed by atoms with Crippen molar-refractivity contribution in [3.63, 3.8) is 0 Å². The molecule has 0 bridgehead atoms. The average Bonchev–Trinajstić information content (AvgIpc) is 2.44. The number of benzene rings is 1. The highest BCUT2D eigenvalue weighted by Crippen LogP contribution is 2.28. The molecule has 1 aromatic carbocycles. The van der Waals surface area contributed by atoms with Crippen LogP contribution in [0, 0.1) is 27.4 Å². The van der Waals surface area contributed by atoms with Crippen LogP contribution in [0.25, 0.3) is 0 Å². The molecule has 0 heterocycles. The van der Waals surface area contributed by atoms with Gasteiger partial charge < -0.3 is 10.3 Å². The lowest BCUT2D eigenvalue weighted by atomic mass is 10.1. The summed E-state index contributed by atoms with van der Waals surface area (Å²) in [7, 11) is 1.49.